The average molecular weight is 405 g/mol. The minimum Gasteiger partial charge on any atom is -0.482 e. The Morgan fingerprint density at radius 2 is 1.72 bits per heavy atom. The summed E-state index contributed by atoms with van der Waals surface area (Å²) in [5.41, 5.74) is 0.947. The van der Waals surface area contributed by atoms with E-state index in [2.05, 4.69) is 15.9 Å². The lowest BCUT2D eigenvalue weighted by Gasteiger charge is -2.13. The summed E-state index contributed by atoms with van der Waals surface area (Å²) in [5, 5.41) is 0. The maximum atomic E-state index is 12.2. The molecule has 1 atom stereocenters. The van der Waals surface area contributed by atoms with Crippen molar-refractivity contribution >= 4 is 33.5 Å². The summed E-state index contributed by atoms with van der Waals surface area (Å²) in [6.07, 6.45) is -0.916. The number of rotatable bonds is 7. The number of carbonyl (C=O) groups is 3. The second kappa shape index (κ2) is 8.58. The van der Waals surface area contributed by atoms with Crippen LogP contribution < -0.4 is 4.74 Å². The minimum atomic E-state index is -0.916. The van der Waals surface area contributed by atoms with Gasteiger partial charge in [-0.1, -0.05) is 40.2 Å². The molecule has 130 valence electrons. The normalized spacial score (nSPS) is 11.5. The first kappa shape index (κ1) is 18.9. The lowest BCUT2D eigenvalue weighted by molar-refractivity contribution is -0.148. The summed E-state index contributed by atoms with van der Waals surface area (Å²) in [6, 6.07) is 13.3. The van der Waals surface area contributed by atoms with Crippen LogP contribution in [0.25, 0.3) is 0 Å². The van der Waals surface area contributed by atoms with E-state index in [9.17, 15) is 14.4 Å². The Morgan fingerprint density at radius 3 is 2.36 bits per heavy atom. The Hall–Kier alpha value is -2.47. The number of benzene rings is 2. The van der Waals surface area contributed by atoms with Gasteiger partial charge in [0.15, 0.2) is 18.5 Å². The number of halogens is 1. The van der Waals surface area contributed by atoms with Crippen molar-refractivity contribution in [3.8, 4) is 5.75 Å². The van der Waals surface area contributed by atoms with Crippen molar-refractivity contribution in [2.45, 2.75) is 20.0 Å². The molecule has 5 nitrogen and oxygen atoms in total. The van der Waals surface area contributed by atoms with Crippen LogP contribution in [0, 0.1) is 0 Å². The number of hydrogen-bond acceptors (Lipinski definition) is 5. The van der Waals surface area contributed by atoms with E-state index in [4.69, 9.17) is 9.47 Å². The van der Waals surface area contributed by atoms with Crippen LogP contribution in [-0.2, 0) is 9.53 Å². The molecule has 6 heteroatoms. The van der Waals surface area contributed by atoms with Gasteiger partial charge < -0.3 is 9.47 Å². The van der Waals surface area contributed by atoms with Gasteiger partial charge in [0, 0.05) is 15.6 Å². The number of Topliss-reactive ketones (excluding diaryl/α,β-unsaturated/α-hetero) is 2. The molecular weight excluding hydrogens is 388 g/mol. The second-order valence-corrected chi connectivity index (χ2v) is 6.29. The van der Waals surface area contributed by atoms with Crippen LogP contribution in [0.1, 0.15) is 34.6 Å². The van der Waals surface area contributed by atoms with Crippen molar-refractivity contribution in [1.82, 2.24) is 0 Å². The number of ketones is 2. The Bertz CT molecular complexity index is 783. The zero-order valence-corrected chi connectivity index (χ0v) is 15.4. The third-order valence-corrected chi connectivity index (χ3v) is 3.93. The van der Waals surface area contributed by atoms with Crippen LogP contribution in [0.5, 0.6) is 5.75 Å². The van der Waals surface area contributed by atoms with Gasteiger partial charge in [-0.05, 0) is 38.1 Å². The van der Waals surface area contributed by atoms with Crippen LogP contribution in [0.15, 0.2) is 53.0 Å². The van der Waals surface area contributed by atoms with Gasteiger partial charge in [0.1, 0.15) is 5.75 Å². The average Bonchev–Trinajstić information content (AvgIpc) is 2.60. The van der Waals surface area contributed by atoms with Gasteiger partial charge in [-0.3, -0.25) is 9.59 Å². The predicted molar refractivity (Wildman–Crippen MR) is 96.0 cm³/mol. The first-order valence-electron chi connectivity index (χ1n) is 7.60. The minimum absolute atomic E-state index is 0.0956. The molecule has 0 bridgehead atoms. The highest BCUT2D eigenvalue weighted by Gasteiger charge is 2.19. The molecule has 0 N–H and O–H groups in total. The fraction of sp³-hybridized carbons (Fsp3) is 0.211. The van der Waals surface area contributed by atoms with Crippen molar-refractivity contribution in [2.75, 3.05) is 6.61 Å². The molecule has 0 aliphatic rings. The van der Waals surface area contributed by atoms with Crippen LogP contribution in [0.2, 0.25) is 0 Å². The Kier molecular flexibility index (Phi) is 6.47. The lowest BCUT2D eigenvalue weighted by Crippen LogP contribution is -2.27. The number of ether oxygens (including phenoxy) is 2. The van der Waals surface area contributed by atoms with E-state index in [0.29, 0.717) is 16.9 Å². The summed E-state index contributed by atoms with van der Waals surface area (Å²) >= 11 is 3.29. The molecule has 0 heterocycles. The lowest BCUT2D eigenvalue weighted by atomic mass is 10.1. The van der Waals surface area contributed by atoms with E-state index in [1.54, 1.807) is 48.5 Å². The Labute approximate surface area is 154 Å². The number of esters is 1. The van der Waals surface area contributed by atoms with Gasteiger partial charge in [-0.25, -0.2) is 4.79 Å². The zero-order chi connectivity index (χ0) is 18.4. The van der Waals surface area contributed by atoms with Crippen LogP contribution in [-0.4, -0.2) is 30.2 Å². The summed E-state index contributed by atoms with van der Waals surface area (Å²) in [5.74, 6) is -0.663. The molecule has 0 saturated heterocycles. The zero-order valence-electron chi connectivity index (χ0n) is 13.8. The summed E-state index contributed by atoms with van der Waals surface area (Å²) in [6.45, 7) is 2.61. The summed E-state index contributed by atoms with van der Waals surface area (Å²) < 4.78 is 11.3. The Balaban J connectivity index is 1.89. The third kappa shape index (κ3) is 5.53. The van der Waals surface area contributed by atoms with E-state index < -0.39 is 12.1 Å². The first-order valence-corrected chi connectivity index (χ1v) is 8.39. The van der Waals surface area contributed by atoms with Gasteiger partial charge >= 0.3 is 5.97 Å². The van der Waals surface area contributed by atoms with Crippen molar-refractivity contribution in [1.29, 1.82) is 0 Å². The SMILES string of the molecule is CC(=O)c1cccc(OCC(=O)O[C@H](C)C(=O)c2ccc(Br)cc2)c1. The van der Waals surface area contributed by atoms with Crippen LogP contribution in [0.4, 0.5) is 0 Å². The van der Waals surface area contributed by atoms with Crippen molar-refractivity contribution in [3.63, 3.8) is 0 Å². The van der Waals surface area contributed by atoms with Gasteiger partial charge in [0.2, 0.25) is 5.78 Å². The first-order chi connectivity index (χ1) is 11.9. The van der Waals surface area contributed by atoms with Crippen LogP contribution >= 0.6 is 15.9 Å². The topological polar surface area (TPSA) is 69.7 Å². The fourth-order valence-electron chi connectivity index (χ4n) is 2.08. The maximum absolute atomic E-state index is 12.2. The van der Waals surface area contributed by atoms with Gasteiger partial charge in [-0.2, -0.15) is 0 Å². The molecule has 0 aliphatic carbocycles. The van der Waals surface area contributed by atoms with Crippen molar-refractivity contribution in [3.05, 3.63) is 64.1 Å². The molecule has 0 aromatic heterocycles. The molecule has 2 aromatic carbocycles. The summed E-state index contributed by atoms with van der Waals surface area (Å²) in [4.78, 5) is 35.4. The standard InChI is InChI=1S/C19H17BrO5/c1-12(21)15-4-3-5-17(10-15)24-11-18(22)25-13(2)19(23)14-6-8-16(20)9-7-14/h3-10,13H,11H2,1-2H3/t13-/m1/s1. The molecule has 25 heavy (non-hydrogen) atoms. The van der Waals surface area contributed by atoms with E-state index in [1.807, 2.05) is 0 Å². The van der Waals surface area contributed by atoms with Gasteiger partial charge in [-0.15, -0.1) is 0 Å². The molecule has 0 aliphatic heterocycles. The fourth-order valence-corrected chi connectivity index (χ4v) is 2.35. The highest BCUT2D eigenvalue weighted by atomic mass is 79.9. The molecule has 0 fully saturated rings. The number of carbonyl (C=O) groups excluding carboxylic acids is 3. The van der Waals surface area contributed by atoms with Gasteiger partial charge in [0.05, 0.1) is 0 Å². The third-order valence-electron chi connectivity index (χ3n) is 3.40. The second-order valence-electron chi connectivity index (χ2n) is 5.38. The molecule has 2 aromatic rings. The predicted octanol–water partition coefficient (Wildman–Crippen LogP) is 3.85. The molecule has 0 saturated carbocycles. The molecule has 0 radical (unpaired) electrons. The largest absolute Gasteiger partial charge is 0.482 e. The smallest absolute Gasteiger partial charge is 0.344 e. The van der Waals surface area contributed by atoms with Gasteiger partial charge in [0.25, 0.3) is 0 Å². The molecule has 0 spiro atoms. The highest BCUT2D eigenvalue weighted by Crippen LogP contribution is 2.15. The molecule has 0 amide bonds. The van der Waals surface area contributed by atoms with Crippen molar-refractivity contribution < 1.29 is 23.9 Å². The van der Waals surface area contributed by atoms with E-state index >= 15 is 0 Å². The van der Waals surface area contributed by atoms with E-state index in [-0.39, 0.29) is 18.2 Å². The molecule has 0 unspecified atom stereocenters. The maximum Gasteiger partial charge on any atom is 0.344 e. The monoisotopic (exact) mass is 404 g/mol. The van der Waals surface area contributed by atoms with E-state index in [1.165, 1.54) is 13.8 Å². The summed E-state index contributed by atoms with van der Waals surface area (Å²) in [7, 11) is 0. The van der Waals surface area contributed by atoms with Crippen LogP contribution in [0.3, 0.4) is 0 Å². The Morgan fingerprint density at radius 1 is 1.04 bits per heavy atom. The molecular formula is C19H17BrO5. The van der Waals surface area contributed by atoms with Crippen molar-refractivity contribution in [2.24, 2.45) is 0 Å². The molecule has 2 rings (SSSR count). The number of hydrogen-bond donors (Lipinski definition) is 0. The van der Waals surface area contributed by atoms with E-state index in [0.717, 1.165) is 4.47 Å². The quantitative estimate of drug-likeness (QED) is 0.517. The highest BCUT2D eigenvalue weighted by molar-refractivity contribution is 9.10.